The molecule has 4 nitrogen and oxygen atoms in total. The van der Waals surface area contributed by atoms with Gasteiger partial charge >= 0.3 is 0 Å². The summed E-state index contributed by atoms with van der Waals surface area (Å²) < 4.78 is 0. The Hall–Kier alpha value is -1.86. The molecule has 0 aliphatic rings. The molecule has 1 aromatic rings. The van der Waals surface area contributed by atoms with Gasteiger partial charge in [0.25, 0.3) is 0 Å². The molecule has 1 aromatic carbocycles. The number of rotatable bonds is 4. The lowest BCUT2D eigenvalue weighted by atomic mass is 10.1. The van der Waals surface area contributed by atoms with Crippen molar-refractivity contribution < 1.29 is 15.3 Å². The molecular weight excluding hydrogens is 206 g/mol. The molecule has 1 atom stereocenters. The van der Waals surface area contributed by atoms with Crippen molar-refractivity contribution in [3.05, 3.63) is 17.7 Å². The Morgan fingerprint density at radius 3 is 2.62 bits per heavy atom. The van der Waals surface area contributed by atoms with Gasteiger partial charge in [-0.2, -0.15) is 0 Å². The Balaban J connectivity index is 2.69. The summed E-state index contributed by atoms with van der Waals surface area (Å²) >= 11 is 0. The van der Waals surface area contributed by atoms with E-state index in [0.29, 0.717) is 18.5 Å². The summed E-state index contributed by atoms with van der Waals surface area (Å²) in [4.78, 5) is 0. The standard InChI is InChI=1S/C12H15NO3/c1-3-4-8(2)13-7-9-5-6-10(14)12(16)11(9)15/h1,5-6,8,13-16H,4,7H2,2H3. The fourth-order valence-corrected chi connectivity index (χ4v) is 1.29. The zero-order valence-corrected chi connectivity index (χ0v) is 9.07. The van der Waals surface area contributed by atoms with E-state index in [2.05, 4.69) is 11.2 Å². The molecule has 1 unspecified atom stereocenters. The largest absolute Gasteiger partial charge is 0.504 e. The molecule has 0 amide bonds. The first kappa shape index (κ1) is 12.2. The van der Waals surface area contributed by atoms with Gasteiger partial charge in [0, 0.05) is 24.6 Å². The second kappa shape index (κ2) is 5.29. The van der Waals surface area contributed by atoms with E-state index in [4.69, 9.17) is 11.5 Å². The van der Waals surface area contributed by atoms with E-state index in [0.717, 1.165) is 0 Å². The number of hydrogen-bond acceptors (Lipinski definition) is 4. The number of hydrogen-bond donors (Lipinski definition) is 4. The topological polar surface area (TPSA) is 72.7 Å². The highest BCUT2D eigenvalue weighted by Gasteiger charge is 2.11. The maximum Gasteiger partial charge on any atom is 0.200 e. The molecule has 4 N–H and O–H groups in total. The van der Waals surface area contributed by atoms with Crippen LogP contribution in [0.25, 0.3) is 0 Å². The Bertz CT molecular complexity index is 409. The molecule has 86 valence electrons. The Labute approximate surface area is 94.6 Å². The van der Waals surface area contributed by atoms with Crippen molar-refractivity contribution in [2.45, 2.75) is 25.9 Å². The molecule has 0 spiro atoms. The van der Waals surface area contributed by atoms with E-state index in [1.807, 2.05) is 6.92 Å². The van der Waals surface area contributed by atoms with Crippen molar-refractivity contribution >= 4 is 0 Å². The van der Waals surface area contributed by atoms with Gasteiger partial charge in [-0.25, -0.2) is 0 Å². The lowest BCUT2D eigenvalue weighted by molar-refractivity contribution is 0.363. The zero-order chi connectivity index (χ0) is 12.1. The highest BCUT2D eigenvalue weighted by Crippen LogP contribution is 2.36. The van der Waals surface area contributed by atoms with Crippen LogP contribution in [0.15, 0.2) is 12.1 Å². The highest BCUT2D eigenvalue weighted by molar-refractivity contribution is 5.52. The number of terminal acetylenes is 1. The highest BCUT2D eigenvalue weighted by atomic mass is 16.3. The summed E-state index contributed by atoms with van der Waals surface area (Å²) in [5.41, 5.74) is 0.513. The second-order valence-electron chi connectivity index (χ2n) is 3.63. The van der Waals surface area contributed by atoms with Crippen LogP contribution in [0.5, 0.6) is 17.2 Å². The maximum absolute atomic E-state index is 9.53. The summed E-state index contributed by atoms with van der Waals surface area (Å²) in [7, 11) is 0. The first-order chi connectivity index (χ1) is 7.56. The van der Waals surface area contributed by atoms with E-state index >= 15 is 0 Å². The molecule has 0 fully saturated rings. The SMILES string of the molecule is C#CCC(C)NCc1ccc(O)c(O)c1O. The van der Waals surface area contributed by atoms with Crippen molar-refractivity contribution in [1.29, 1.82) is 0 Å². The van der Waals surface area contributed by atoms with Crippen LogP contribution in [-0.4, -0.2) is 21.4 Å². The van der Waals surface area contributed by atoms with Gasteiger partial charge in [0.05, 0.1) is 0 Å². The summed E-state index contributed by atoms with van der Waals surface area (Å²) in [5.74, 6) is 1.39. The van der Waals surface area contributed by atoms with Gasteiger partial charge in [0.1, 0.15) is 0 Å². The predicted octanol–water partition coefficient (Wildman–Crippen LogP) is 1.30. The van der Waals surface area contributed by atoms with E-state index in [-0.39, 0.29) is 17.5 Å². The normalized spacial score (nSPS) is 12.0. The van der Waals surface area contributed by atoms with Gasteiger partial charge < -0.3 is 20.6 Å². The van der Waals surface area contributed by atoms with Gasteiger partial charge in [0.2, 0.25) is 5.75 Å². The molecule has 0 aromatic heterocycles. The van der Waals surface area contributed by atoms with Crippen LogP contribution in [0.3, 0.4) is 0 Å². The molecule has 0 aliphatic carbocycles. The molecule has 0 saturated carbocycles. The molecular formula is C12H15NO3. The van der Waals surface area contributed by atoms with Crippen LogP contribution in [0.4, 0.5) is 0 Å². The third-order valence-electron chi connectivity index (χ3n) is 2.28. The van der Waals surface area contributed by atoms with Crippen molar-refractivity contribution in [2.75, 3.05) is 0 Å². The maximum atomic E-state index is 9.53. The first-order valence-corrected chi connectivity index (χ1v) is 4.96. The fourth-order valence-electron chi connectivity index (χ4n) is 1.29. The number of phenols is 3. The van der Waals surface area contributed by atoms with Crippen molar-refractivity contribution in [3.8, 4) is 29.6 Å². The average Bonchev–Trinajstić information content (AvgIpc) is 2.25. The average molecular weight is 221 g/mol. The van der Waals surface area contributed by atoms with Crippen LogP contribution >= 0.6 is 0 Å². The summed E-state index contributed by atoms with van der Waals surface area (Å²) in [6.45, 7) is 2.31. The molecule has 0 bridgehead atoms. The van der Waals surface area contributed by atoms with Crippen LogP contribution < -0.4 is 5.32 Å². The smallest absolute Gasteiger partial charge is 0.200 e. The fraction of sp³-hybridized carbons (Fsp3) is 0.333. The Kier molecular flexibility index (Phi) is 4.03. The number of nitrogens with one attached hydrogen (secondary N) is 1. The van der Waals surface area contributed by atoms with E-state index in [1.165, 1.54) is 6.07 Å². The predicted molar refractivity (Wildman–Crippen MR) is 61.2 cm³/mol. The van der Waals surface area contributed by atoms with E-state index in [9.17, 15) is 10.2 Å². The van der Waals surface area contributed by atoms with Crippen molar-refractivity contribution in [3.63, 3.8) is 0 Å². The minimum absolute atomic E-state index is 0.125. The van der Waals surface area contributed by atoms with Gasteiger partial charge in [-0.05, 0) is 13.0 Å². The molecule has 0 radical (unpaired) electrons. The Morgan fingerprint density at radius 2 is 2.00 bits per heavy atom. The van der Waals surface area contributed by atoms with Crippen molar-refractivity contribution in [2.24, 2.45) is 0 Å². The van der Waals surface area contributed by atoms with Gasteiger partial charge in [0.15, 0.2) is 11.5 Å². The third kappa shape index (κ3) is 2.81. The monoisotopic (exact) mass is 221 g/mol. The number of phenolic OH excluding ortho intramolecular Hbond substituents is 3. The molecule has 0 saturated heterocycles. The summed E-state index contributed by atoms with van der Waals surface area (Å²) in [5, 5.41) is 31.0. The first-order valence-electron chi connectivity index (χ1n) is 4.96. The molecule has 0 heterocycles. The number of aromatic hydroxyl groups is 3. The second-order valence-corrected chi connectivity index (χ2v) is 3.63. The van der Waals surface area contributed by atoms with Crippen molar-refractivity contribution in [1.82, 2.24) is 5.32 Å². The molecule has 1 rings (SSSR count). The molecule has 16 heavy (non-hydrogen) atoms. The van der Waals surface area contributed by atoms with E-state index < -0.39 is 5.75 Å². The minimum atomic E-state index is -0.496. The number of benzene rings is 1. The van der Waals surface area contributed by atoms with Gasteiger partial charge in [-0.15, -0.1) is 12.3 Å². The van der Waals surface area contributed by atoms with E-state index in [1.54, 1.807) is 6.07 Å². The van der Waals surface area contributed by atoms with Crippen LogP contribution in [0, 0.1) is 12.3 Å². The lowest BCUT2D eigenvalue weighted by Crippen LogP contribution is -2.24. The van der Waals surface area contributed by atoms with Gasteiger partial charge in [-0.3, -0.25) is 0 Å². The molecule has 4 heteroatoms. The zero-order valence-electron chi connectivity index (χ0n) is 9.07. The van der Waals surface area contributed by atoms with Crippen LogP contribution in [-0.2, 0) is 6.54 Å². The Morgan fingerprint density at radius 1 is 1.31 bits per heavy atom. The summed E-state index contributed by atoms with van der Waals surface area (Å²) in [6, 6.07) is 3.00. The van der Waals surface area contributed by atoms with Crippen LogP contribution in [0.2, 0.25) is 0 Å². The van der Waals surface area contributed by atoms with Crippen LogP contribution in [0.1, 0.15) is 18.9 Å². The minimum Gasteiger partial charge on any atom is -0.504 e. The third-order valence-corrected chi connectivity index (χ3v) is 2.28. The van der Waals surface area contributed by atoms with Gasteiger partial charge in [-0.1, -0.05) is 6.07 Å². The molecule has 0 aliphatic heterocycles. The quantitative estimate of drug-likeness (QED) is 0.457. The lowest BCUT2D eigenvalue weighted by Gasteiger charge is -2.12. The summed E-state index contributed by atoms with van der Waals surface area (Å²) in [6.07, 6.45) is 5.75.